The van der Waals surface area contributed by atoms with Crippen LogP contribution < -0.4 is 0 Å². The molecule has 2 heterocycles. The molecule has 1 aromatic carbocycles. The molecule has 4 rings (SSSR count). The van der Waals surface area contributed by atoms with Gasteiger partial charge in [-0.05, 0) is 59.2 Å². The Bertz CT molecular complexity index is 903. The molecule has 3 nitrogen and oxygen atoms in total. The maximum Gasteiger partial charge on any atom is 0.307 e. The van der Waals surface area contributed by atoms with Gasteiger partial charge in [-0.25, -0.2) is 0 Å². The second-order valence-electron chi connectivity index (χ2n) is 6.31. The van der Waals surface area contributed by atoms with Crippen LogP contribution >= 0.6 is 11.3 Å². The molecule has 0 bridgehead atoms. The number of ether oxygens (including phenoxy) is 1. The van der Waals surface area contributed by atoms with E-state index in [2.05, 4.69) is 40.7 Å². The van der Waals surface area contributed by atoms with Crippen molar-refractivity contribution in [2.45, 2.75) is 25.2 Å². The third-order valence-corrected chi connectivity index (χ3v) is 5.82. The first-order valence-corrected chi connectivity index (χ1v) is 9.35. The molecule has 1 aliphatic carbocycles. The third kappa shape index (κ3) is 2.67. The number of nitrogens with zero attached hydrogens (tertiary/aromatic N) is 1. The van der Waals surface area contributed by atoms with Crippen molar-refractivity contribution in [1.29, 1.82) is 0 Å². The lowest BCUT2D eigenvalue weighted by atomic mass is 9.71. The lowest BCUT2D eigenvalue weighted by Crippen LogP contribution is -2.32. The lowest BCUT2D eigenvalue weighted by molar-refractivity contribution is -0.144. The SMILES string of the molecule is CCOC(=O)CC1(Cc2ccncc2)c2ccccc2-c2sccc21. The zero-order valence-corrected chi connectivity index (χ0v) is 14.9. The van der Waals surface area contributed by atoms with Crippen molar-refractivity contribution in [3.05, 3.63) is 76.9 Å². The molecule has 1 unspecified atom stereocenters. The van der Waals surface area contributed by atoms with Gasteiger partial charge < -0.3 is 4.74 Å². The summed E-state index contributed by atoms with van der Waals surface area (Å²) in [4.78, 5) is 17.9. The molecule has 0 spiro atoms. The van der Waals surface area contributed by atoms with Crippen molar-refractivity contribution < 1.29 is 9.53 Å². The number of benzene rings is 1. The predicted octanol–water partition coefficient (Wildman–Crippen LogP) is 4.61. The van der Waals surface area contributed by atoms with Gasteiger partial charge in [-0.15, -0.1) is 11.3 Å². The van der Waals surface area contributed by atoms with Gasteiger partial charge in [0.2, 0.25) is 0 Å². The van der Waals surface area contributed by atoms with Crippen LogP contribution in [0.25, 0.3) is 10.4 Å². The maximum absolute atomic E-state index is 12.5. The molecule has 0 amide bonds. The van der Waals surface area contributed by atoms with Gasteiger partial charge in [-0.3, -0.25) is 9.78 Å². The number of carbonyl (C=O) groups excluding carboxylic acids is 1. The molecule has 0 saturated heterocycles. The van der Waals surface area contributed by atoms with Crippen LogP contribution in [-0.4, -0.2) is 17.6 Å². The Morgan fingerprint density at radius 3 is 2.72 bits per heavy atom. The molecular formula is C21H19NO2S. The minimum absolute atomic E-state index is 0.148. The van der Waals surface area contributed by atoms with Crippen molar-refractivity contribution in [2.24, 2.45) is 0 Å². The molecule has 0 N–H and O–H groups in total. The van der Waals surface area contributed by atoms with E-state index in [1.54, 1.807) is 11.3 Å². The zero-order valence-electron chi connectivity index (χ0n) is 14.1. The Balaban J connectivity index is 1.88. The lowest BCUT2D eigenvalue weighted by Gasteiger charge is -2.31. The first kappa shape index (κ1) is 16.0. The van der Waals surface area contributed by atoms with E-state index in [1.807, 2.05) is 31.5 Å². The summed E-state index contributed by atoms with van der Waals surface area (Å²) < 4.78 is 5.33. The second kappa shape index (κ2) is 6.45. The molecule has 0 aliphatic heterocycles. The van der Waals surface area contributed by atoms with E-state index in [-0.39, 0.29) is 11.4 Å². The van der Waals surface area contributed by atoms with Crippen molar-refractivity contribution >= 4 is 17.3 Å². The first-order valence-electron chi connectivity index (χ1n) is 8.47. The Kier molecular flexibility index (Phi) is 4.14. The Morgan fingerprint density at radius 1 is 1.12 bits per heavy atom. The van der Waals surface area contributed by atoms with Crippen LogP contribution in [0, 0.1) is 0 Å². The van der Waals surface area contributed by atoms with Crippen molar-refractivity contribution in [3.8, 4) is 10.4 Å². The predicted molar refractivity (Wildman–Crippen MR) is 99.7 cm³/mol. The van der Waals surface area contributed by atoms with Crippen molar-refractivity contribution in [1.82, 2.24) is 4.98 Å². The van der Waals surface area contributed by atoms with E-state index in [1.165, 1.54) is 27.1 Å². The number of rotatable bonds is 5. The van der Waals surface area contributed by atoms with Crippen molar-refractivity contribution in [3.63, 3.8) is 0 Å². The van der Waals surface area contributed by atoms with Gasteiger partial charge in [0.25, 0.3) is 0 Å². The highest BCUT2D eigenvalue weighted by molar-refractivity contribution is 7.14. The number of fused-ring (bicyclic) bond motifs is 3. The summed E-state index contributed by atoms with van der Waals surface area (Å²) in [5.74, 6) is -0.148. The molecule has 4 heteroatoms. The molecule has 0 fully saturated rings. The Labute approximate surface area is 151 Å². The molecule has 1 aliphatic rings. The third-order valence-electron chi connectivity index (χ3n) is 4.87. The molecule has 0 saturated carbocycles. The summed E-state index contributed by atoms with van der Waals surface area (Å²) in [7, 11) is 0. The minimum Gasteiger partial charge on any atom is -0.466 e. The fraction of sp³-hybridized carbons (Fsp3) is 0.238. The smallest absolute Gasteiger partial charge is 0.307 e. The summed E-state index contributed by atoms with van der Waals surface area (Å²) in [6, 6.07) is 14.7. The molecule has 126 valence electrons. The number of thiophene rings is 1. The van der Waals surface area contributed by atoms with Crippen LogP contribution in [0.4, 0.5) is 0 Å². The van der Waals surface area contributed by atoms with Crippen LogP contribution in [0.5, 0.6) is 0 Å². The van der Waals surface area contributed by atoms with Gasteiger partial charge in [0, 0.05) is 22.7 Å². The van der Waals surface area contributed by atoms with Gasteiger partial charge in [0.05, 0.1) is 13.0 Å². The minimum atomic E-state index is -0.375. The summed E-state index contributed by atoms with van der Waals surface area (Å²) in [5.41, 5.74) is 4.50. The highest BCUT2D eigenvalue weighted by atomic mass is 32.1. The van der Waals surface area contributed by atoms with Gasteiger partial charge >= 0.3 is 5.97 Å². The Hall–Kier alpha value is -2.46. The number of carbonyl (C=O) groups is 1. The highest BCUT2D eigenvalue weighted by Gasteiger charge is 2.45. The molecule has 25 heavy (non-hydrogen) atoms. The van der Waals surface area contributed by atoms with Gasteiger partial charge in [-0.2, -0.15) is 0 Å². The normalized spacial score (nSPS) is 17.8. The summed E-state index contributed by atoms with van der Waals surface area (Å²) in [6.45, 7) is 2.26. The van der Waals surface area contributed by atoms with Crippen LogP contribution in [0.1, 0.15) is 30.0 Å². The average molecular weight is 349 g/mol. The van der Waals surface area contributed by atoms with Crippen LogP contribution in [0.2, 0.25) is 0 Å². The average Bonchev–Trinajstić information content (AvgIpc) is 3.20. The zero-order chi connectivity index (χ0) is 17.3. The van der Waals surface area contributed by atoms with Crippen molar-refractivity contribution in [2.75, 3.05) is 6.61 Å². The van der Waals surface area contributed by atoms with Gasteiger partial charge in [-0.1, -0.05) is 24.3 Å². The largest absolute Gasteiger partial charge is 0.466 e. The fourth-order valence-corrected chi connectivity index (χ4v) is 4.92. The topological polar surface area (TPSA) is 39.2 Å². The van der Waals surface area contributed by atoms with Crippen LogP contribution in [0.15, 0.2) is 60.2 Å². The molecule has 0 radical (unpaired) electrons. The molecule has 2 aromatic heterocycles. The van der Waals surface area contributed by atoms with Gasteiger partial charge in [0.1, 0.15) is 0 Å². The maximum atomic E-state index is 12.5. The van der Waals surface area contributed by atoms with E-state index in [0.29, 0.717) is 13.0 Å². The fourth-order valence-electron chi connectivity index (χ4n) is 3.89. The van der Waals surface area contributed by atoms with Crippen LogP contribution in [-0.2, 0) is 21.4 Å². The summed E-state index contributed by atoms with van der Waals surface area (Å²) in [6.07, 6.45) is 4.73. The number of aromatic nitrogens is 1. The van der Waals surface area contributed by atoms with E-state index in [4.69, 9.17) is 4.74 Å². The summed E-state index contributed by atoms with van der Waals surface area (Å²) >= 11 is 1.74. The number of esters is 1. The van der Waals surface area contributed by atoms with Crippen LogP contribution in [0.3, 0.4) is 0 Å². The van der Waals surface area contributed by atoms with E-state index < -0.39 is 0 Å². The number of hydrogen-bond donors (Lipinski definition) is 0. The van der Waals surface area contributed by atoms with E-state index in [0.717, 1.165) is 6.42 Å². The van der Waals surface area contributed by atoms with E-state index >= 15 is 0 Å². The Morgan fingerprint density at radius 2 is 1.92 bits per heavy atom. The molecule has 3 aromatic rings. The highest BCUT2D eigenvalue weighted by Crippen LogP contribution is 2.54. The molecular weight excluding hydrogens is 330 g/mol. The monoisotopic (exact) mass is 349 g/mol. The number of pyridine rings is 1. The molecule has 1 atom stereocenters. The first-order chi connectivity index (χ1) is 12.2. The summed E-state index contributed by atoms with van der Waals surface area (Å²) in [5, 5.41) is 2.12. The quantitative estimate of drug-likeness (QED) is 0.632. The number of hydrogen-bond acceptors (Lipinski definition) is 4. The van der Waals surface area contributed by atoms with E-state index in [9.17, 15) is 4.79 Å². The van der Waals surface area contributed by atoms with Gasteiger partial charge in [0.15, 0.2) is 0 Å². The standard InChI is InChI=1S/C21H19NO2S/c1-2-24-19(23)14-21(13-15-7-10-22-11-8-15)17-6-4-3-5-16(17)20-18(21)9-12-25-20/h3-12H,2,13-14H2,1H3. The second-order valence-corrected chi connectivity index (χ2v) is 7.22.